The minimum absolute atomic E-state index is 0.0183. The van der Waals surface area contributed by atoms with Crippen LogP contribution in [0.25, 0.3) is 0 Å². The van der Waals surface area contributed by atoms with Crippen LogP contribution in [0.3, 0.4) is 0 Å². The van der Waals surface area contributed by atoms with Gasteiger partial charge in [0.05, 0.1) is 11.1 Å². The van der Waals surface area contributed by atoms with E-state index in [0.717, 1.165) is 17.3 Å². The van der Waals surface area contributed by atoms with Crippen LogP contribution in [0.5, 0.6) is 0 Å². The third-order valence-electron chi connectivity index (χ3n) is 8.48. The Labute approximate surface area is 264 Å². The van der Waals surface area contributed by atoms with E-state index in [-0.39, 0.29) is 23.2 Å². The molecule has 3 nitrogen and oxygen atoms in total. The number of aryl methyl sites for hydroxylation is 1. The molecule has 0 radical (unpaired) electrons. The fourth-order valence-electron chi connectivity index (χ4n) is 5.81. The second-order valence-corrected chi connectivity index (χ2v) is 13.2. The van der Waals surface area contributed by atoms with Crippen LogP contribution in [0.4, 0.5) is 43.4 Å². The molecule has 0 aliphatic carbocycles. The van der Waals surface area contributed by atoms with Crippen molar-refractivity contribution in [3.05, 3.63) is 87.5 Å². The largest absolute Gasteiger partial charge is 0.418 e. The van der Waals surface area contributed by atoms with Gasteiger partial charge < -0.3 is 14.7 Å². The second kappa shape index (κ2) is 14.0. The van der Waals surface area contributed by atoms with Crippen molar-refractivity contribution < 1.29 is 26.3 Å². The first-order chi connectivity index (χ1) is 20.7. The van der Waals surface area contributed by atoms with Crippen LogP contribution in [-0.4, -0.2) is 42.3 Å². The van der Waals surface area contributed by atoms with Gasteiger partial charge in [0.1, 0.15) is 0 Å². The lowest BCUT2D eigenvalue weighted by Crippen LogP contribution is -2.21. The van der Waals surface area contributed by atoms with Crippen molar-refractivity contribution in [2.24, 2.45) is 0 Å². The molecule has 0 spiro atoms. The van der Waals surface area contributed by atoms with Gasteiger partial charge in [-0.05, 0) is 95.2 Å². The average molecular weight is 636 g/mol. The third-order valence-corrected chi connectivity index (χ3v) is 8.48. The van der Waals surface area contributed by atoms with Crippen LogP contribution >= 0.6 is 0 Å². The zero-order valence-corrected chi connectivity index (χ0v) is 28.1. The van der Waals surface area contributed by atoms with Crippen LogP contribution in [0.2, 0.25) is 0 Å². The smallest absolute Gasteiger partial charge is 0.378 e. The Bertz CT molecular complexity index is 1430. The number of rotatable bonds is 11. The molecule has 3 rings (SSSR count). The highest BCUT2D eigenvalue weighted by molar-refractivity contribution is 5.61. The van der Waals surface area contributed by atoms with Gasteiger partial charge in [-0.3, -0.25) is 0 Å². The van der Waals surface area contributed by atoms with Gasteiger partial charge in [0.25, 0.3) is 0 Å². The van der Waals surface area contributed by atoms with Crippen molar-refractivity contribution >= 4 is 17.1 Å². The molecule has 0 aliphatic rings. The molecule has 45 heavy (non-hydrogen) atoms. The fourth-order valence-corrected chi connectivity index (χ4v) is 5.81. The van der Waals surface area contributed by atoms with Crippen LogP contribution in [0.15, 0.2) is 48.5 Å². The summed E-state index contributed by atoms with van der Waals surface area (Å²) in [5, 5.41) is 0. The first-order valence-corrected chi connectivity index (χ1v) is 15.3. The summed E-state index contributed by atoms with van der Waals surface area (Å²) in [6.45, 7) is 7.72. The summed E-state index contributed by atoms with van der Waals surface area (Å²) in [5.74, 6) is -0.738. The van der Waals surface area contributed by atoms with Crippen molar-refractivity contribution in [3.63, 3.8) is 0 Å². The van der Waals surface area contributed by atoms with E-state index in [0.29, 0.717) is 30.0 Å². The summed E-state index contributed by atoms with van der Waals surface area (Å²) in [5.41, 5.74) is 3.16. The summed E-state index contributed by atoms with van der Waals surface area (Å²) < 4.78 is 86.4. The molecular weight excluding hydrogens is 588 g/mol. The van der Waals surface area contributed by atoms with Crippen LogP contribution in [0.1, 0.15) is 90.8 Å². The van der Waals surface area contributed by atoms with E-state index in [1.54, 1.807) is 59.1 Å². The van der Waals surface area contributed by atoms with Gasteiger partial charge in [0.2, 0.25) is 0 Å². The van der Waals surface area contributed by atoms with Crippen molar-refractivity contribution in [2.45, 2.75) is 77.1 Å². The highest BCUT2D eigenvalue weighted by Crippen LogP contribution is 2.44. The normalized spacial score (nSPS) is 13.6. The first kappa shape index (κ1) is 36.1. The molecular formula is C36H47F6N3. The molecule has 2 atom stereocenters. The van der Waals surface area contributed by atoms with E-state index in [1.165, 1.54) is 22.6 Å². The van der Waals surface area contributed by atoms with Gasteiger partial charge in [0, 0.05) is 59.3 Å². The number of hydrogen-bond donors (Lipinski definition) is 0. The molecule has 0 bridgehead atoms. The summed E-state index contributed by atoms with van der Waals surface area (Å²) in [4.78, 5) is 5.07. The average Bonchev–Trinajstić information content (AvgIpc) is 2.93. The Hall–Kier alpha value is -3.36. The van der Waals surface area contributed by atoms with E-state index in [1.807, 2.05) is 19.0 Å². The second-order valence-electron chi connectivity index (χ2n) is 13.2. The lowest BCUT2D eigenvalue weighted by molar-refractivity contribution is -0.139. The standard InChI is InChI=1S/C36H47F6N3/c1-22(2)27-16-25(17-29(20-27)44(7)8)12-11-23(3)31-18-26(19-33(45(9)10)34(31)36(40,41)42)15-24(4)30-14-13-28(43(5)6)21-32(30)35(37,38)39/h13-14,16-24H,11-12,15H2,1-10H3. The Morgan fingerprint density at radius 1 is 0.600 bits per heavy atom. The quantitative estimate of drug-likeness (QED) is 0.194. The minimum Gasteiger partial charge on any atom is -0.378 e. The van der Waals surface area contributed by atoms with Gasteiger partial charge in [-0.25, -0.2) is 0 Å². The molecule has 0 fully saturated rings. The minimum atomic E-state index is -4.60. The fraction of sp³-hybridized carbons (Fsp3) is 0.500. The Kier molecular flexibility index (Phi) is 11.2. The summed E-state index contributed by atoms with van der Waals surface area (Å²) >= 11 is 0. The van der Waals surface area contributed by atoms with Crippen molar-refractivity contribution in [2.75, 3.05) is 57.0 Å². The molecule has 248 valence electrons. The van der Waals surface area contributed by atoms with Gasteiger partial charge in [0.15, 0.2) is 0 Å². The predicted molar refractivity (Wildman–Crippen MR) is 175 cm³/mol. The van der Waals surface area contributed by atoms with E-state index in [9.17, 15) is 26.3 Å². The Morgan fingerprint density at radius 2 is 1.22 bits per heavy atom. The molecule has 2 unspecified atom stereocenters. The number of hydrogen-bond acceptors (Lipinski definition) is 3. The summed E-state index contributed by atoms with van der Waals surface area (Å²) in [7, 11) is 10.4. The zero-order valence-electron chi connectivity index (χ0n) is 28.1. The van der Waals surface area contributed by atoms with Crippen LogP contribution < -0.4 is 14.7 Å². The van der Waals surface area contributed by atoms with Gasteiger partial charge in [-0.1, -0.05) is 45.9 Å². The van der Waals surface area contributed by atoms with Crippen molar-refractivity contribution in [1.29, 1.82) is 0 Å². The van der Waals surface area contributed by atoms with Gasteiger partial charge in [-0.15, -0.1) is 0 Å². The van der Waals surface area contributed by atoms with Crippen molar-refractivity contribution in [1.82, 2.24) is 0 Å². The molecule has 0 N–H and O–H groups in total. The SMILES string of the molecule is CC(C)c1cc(CCC(C)c2cc(CC(C)c3ccc(N(C)C)cc3C(F)(F)F)cc(N(C)C)c2C(F)(F)F)cc(N(C)C)c1. The predicted octanol–water partition coefficient (Wildman–Crippen LogP) is 10.1. The maximum absolute atomic E-state index is 14.7. The maximum atomic E-state index is 14.7. The number of halogens is 6. The van der Waals surface area contributed by atoms with Crippen LogP contribution in [0, 0.1) is 0 Å². The highest BCUT2D eigenvalue weighted by Gasteiger charge is 2.39. The third kappa shape index (κ3) is 8.88. The van der Waals surface area contributed by atoms with E-state index < -0.39 is 35.3 Å². The molecule has 3 aromatic carbocycles. The lowest BCUT2D eigenvalue weighted by atomic mass is 9.84. The molecule has 0 aromatic heterocycles. The molecule has 0 aliphatic heterocycles. The van der Waals surface area contributed by atoms with Gasteiger partial charge in [-0.2, -0.15) is 26.3 Å². The first-order valence-electron chi connectivity index (χ1n) is 15.3. The molecule has 0 saturated heterocycles. The van der Waals surface area contributed by atoms with E-state index in [2.05, 4.69) is 32.0 Å². The maximum Gasteiger partial charge on any atom is 0.418 e. The topological polar surface area (TPSA) is 9.72 Å². The van der Waals surface area contributed by atoms with Crippen molar-refractivity contribution in [3.8, 4) is 0 Å². The van der Waals surface area contributed by atoms with E-state index >= 15 is 0 Å². The van der Waals surface area contributed by atoms with Crippen LogP contribution in [-0.2, 0) is 25.2 Å². The number of alkyl halides is 6. The monoisotopic (exact) mass is 635 g/mol. The Balaban J connectivity index is 2.05. The number of anilines is 3. The number of benzene rings is 3. The lowest BCUT2D eigenvalue weighted by Gasteiger charge is -2.27. The highest BCUT2D eigenvalue weighted by atomic mass is 19.4. The molecule has 3 aromatic rings. The molecule has 0 saturated carbocycles. The molecule has 9 heteroatoms. The zero-order chi connectivity index (χ0) is 34.0. The molecule has 0 heterocycles. The summed E-state index contributed by atoms with van der Waals surface area (Å²) in [6.07, 6.45) is -7.94. The Morgan fingerprint density at radius 3 is 1.73 bits per heavy atom. The van der Waals surface area contributed by atoms with E-state index in [4.69, 9.17) is 0 Å². The summed E-state index contributed by atoms with van der Waals surface area (Å²) in [6, 6.07) is 13.6. The van der Waals surface area contributed by atoms with Gasteiger partial charge >= 0.3 is 12.4 Å². The molecule has 0 amide bonds. The number of nitrogens with zero attached hydrogens (tertiary/aromatic N) is 3.